The fourth-order valence-electron chi connectivity index (χ4n) is 2.50. The first-order valence-electron chi connectivity index (χ1n) is 6.79. The number of ether oxygens (including phenoxy) is 1. The largest absolute Gasteiger partial charge is 0.508 e. The van der Waals surface area contributed by atoms with Gasteiger partial charge < -0.3 is 14.9 Å². The lowest BCUT2D eigenvalue weighted by molar-refractivity contribution is 0.000215. The van der Waals surface area contributed by atoms with Crippen LogP contribution in [-0.4, -0.2) is 16.3 Å². The van der Waals surface area contributed by atoms with Crippen LogP contribution in [0.5, 0.6) is 11.5 Å². The van der Waals surface area contributed by atoms with Crippen molar-refractivity contribution in [3.63, 3.8) is 0 Å². The summed E-state index contributed by atoms with van der Waals surface area (Å²) in [6.07, 6.45) is 6.09. The Labute approximate surface area is 123 Å². The van der Waals surface area contributed by atoms with Gasteiger partial charge in [-0.1, -0.05) is 54.6 Å². The van der Waals surface area contributed by atoms with Crippen molar-refractivity contribution in [3.05, 3.63) is 84.5 Å². The Hall–Kier alpha value is -2.52. The molecule has 3 rings (SSSR count). The zero-order valence-corrected chi connectivity index (χ0v) is 11.4. The van der Waals surface area contributed by atoms with Gasteiger partial charge in [0.2, 0.25) is 0 Å². The van der Waals surface area contributed by atoms with E-state index < -0.39 is 11.7 Å². The van der Waals surface area contributed by atoms with Crippen LogP contribution in [0.1, 0.15) is 5.56 Å². The van der Waals surface area contributed by atoms with Crippen LogP contribution in [0.25, 0.3) is 0 Å². The average Bonchev–Trinajstić information content (AvgIpc) is 2.51. The van der Waals surface area contributed by atoms with Crippen LogP contribution >= 0.6 is 0 Å². The van der Waals surface area contributed by atoms with E-state index in [1.54, 1.807) is 36.4 Å². The van der Waals surface area contributed by atoms with Crippen molar-refractivity contribution in [2.45, 2.75) is 11.7 Å². The first-order chi connectivity index (χ1) is 10.2. The lowest BCUT2D eigenvalue weighted by Crippen LogP contribution is -2.43. The van der Waals surface area contributed by atoms with E-state index in [0.717, 1.165) is 0 Å². The summed E-state index contributed by atoms with van der Waals surface area (Å²) in [5.41, 5.74) is -0.608. The molecule has 0 bridgehead atoms. The van der Waals surface area contributed by atoms with Gasteiger partial charge in [-0.25, -0.2) is 0 Å². The minimum absolute atomic E-state index is 0.0902. The number of phenols is 1. The second-order valence-electron chi connectivity index (χ2n) is 4.91. The highest BCUT2D eigenvalue weighted by molar-refractivity contribution is 5.45. The zero-order valence-electron chi connectivity index (χ0n) is 11.4. The summed E-state index contributed by atoms with van der Waals surface area (Å²) in [7, 11) is 0. The van der Waals surface area contributed by atoms with Crippen LogP contribution in [0.3, 0.4) is 0 Å². The van der Waals surface area contributed by atoms with Crippen molar-refractivity contribution in [3.8, 4) is 11.5 Å². The van der Waals surface area contributed by atoms with E-state index in [4.69, 9.17) is 4.74 Å². The normalized spacial score (nSPS) is 24.0. The summed E-state index contributed by atoms with van der Waals surface area (Å²) in [4.78, 5) is 0. The maximum atomic E-state index is 10.5. The molecule has 0 heterocycles. The van der Waals surface area contributed by atoms with Crippen LogP contribution in [0.2, 0.25) is 0 Å². The van der Waals surface area contributed by atoms with Crippen molar-refractivity contribution < 1.29 is 14.9 Å². The molecule has 2 N–H and O–H groups in total. The topological polar surface area (TPSA) is 49.7 Å². The lowest BCUT2D eigenvalue weighted by Gasteiger charge is -2.36. The molecule has 0 aromatic heterocycles. The van der Waals surface area contributed by atoms with Crippen molar-refractivity contribution in [1.82, 2.24) is 0 Å². The second kappa shape index (κ2) is 5.46. The summed E-state index contributed by atoms with van der Waals surface area (Å²) < 4.78 is 6.07. The van der Waals surface area contributed by atoms with E-state index >= 15 is 0 Å². The number of para-hydroxylation sites is 2. The number of aliphatic hydroxyl groups excluding tert-OH is 1. The van der Waals surface area contributed by atoms with Crippen LogP contribution < -0.4 is 4.74 Å². The van der Waals surface area contributed by atoms with E-state index in [9.17, 15) is 10.2 Å². The zero-order chi connectivity index (χ0) is 14.7. The molecule has 0 spiro atoms. The Morgan fingerprint density at radius 1 is 0.905 bits per heavy atom. The van der Waals surface area contributed by atoms with E-state index in [1.165, 1.54) is 0 Å². The van der Waals surface area contributed by atoms with E-state index in [1.807, 2.05) is 42.5 Å². The van der Waals surface area contributed by atoms with Gasteiger partial charge in [0.25, 0.3) is 0 Å². The second-order valence-corrected chi connectivity index (χ2v) is 4.91. The maximum Gasteiger partial charge on any atom is 0.185 e. The SMILES string of the molecule is Oc1ccccc1[C@]1(Oc2ccccc2)C=CC=C[C@@H]1O. The number of phenolic OH excluding ortho intramolecular Hbond substituents is 1. The molecule has 2 aromatic rings. The van der Waals surface area contributed by atoms with Gasteiger partial charge in [-0.3, -0.25) is 0 Å². The molecule has 0 unspecified atom stereocenters. The average molecular weight is 280 g/mol. The number of aliphatic hydroxyl groups is 1. The highest BCUT2D eigenvalue weighted by Gasteiger charge is 2.41. The molecule has 106 valence electrons. The minimum Gasteiger partial charge on any atom is -0.508 e. The predicted molar refractivity (Wildman–Crippen MR) is 81.1 cm³/mol. The molecule has 3 heteroatoms. The monoisotopic (exact) mass is 280 g/mol. The van der Waals surface area contributed by atoms with E-state index in [-0.39, 0.29) is 5.75 Å². The van der Waals surface area contributed by atoms with Gasteiger partial charge >= 0.3 is 0 Å². The number of hydrogen-bond donors (Lipinski definition) is 2. The summed E-state index contributed by atoms with van der Waals surface area (Å²) in [6.45, 7) is 0. The molecule has 0 saturated heterocycles. The highest BCUT2D eigenvalue weighted by atomic mass is 16.5. The number of allylic oxidation sites excluding steroid dienone is 2. The van der Waals surface area contributed by atoms with E-state index in [2.05, 4.69) is 0 Å². The van der Waals surface area contributed by atoms with Crippen molar-refractivity contribution in [2.24, 2.45) is 0 Å². The standard InChI is InChI=1S/C18H16O3/c19-16-11-5-4-10-15(16)18(13-7-6-12-17(18)20)21-14-8-2-1-3-9-14/h1-13,17,19-20H/t17-,18+/m0/s1. The number of benzene rings is 2. The third kappa shape index (κ3) is 2.43. The summed E-state index contributed by atoms with van der Waals surface area (Å²) in [5, 5.41) is 20.7. The van der Waals surface area contributed by atoms with Crippen LogP contribution in [-0.2, 0) is 5.60 Å². The Morgan fingerprint density at radius 3 is 2.33 bits per heavy atom. The molecule has 0 aliphatic heterocycles. The molecular formula is C18H16O3. The third-order valence-electron chi connectivity index (χ3n) is 3.54. The molecule has 0 saturated carbocycles. The van der Waals surface area contributed by atoms with Crippen molar-refractivity contribution in [1.29, 1.82) is 0 Å². The number of hydrogen-bond acceptors (Lipinski definition) is 3. The smallest absolute Gasteiger partial charge is 0.185 e. The molecule has 1 aliphatic carbocycles. The Kier molecular flexibility index (Phi) is 3.50. The van der Waals surface area contributed by atoms with Crippen LogP contribution in [0.15, 0.2) is 78.9 Å². The molecule has 21 heavy (non-hydrogen) atoms. The van der Waals surface area contributed by atoms with Gasteiger partial charge in [-0.2, -0.15) is 0 Å². The van der Waals surface area contributed by atoms with Gasteiger partial charge in [0.1, 0.15) is 17.6 Å². The quantitative estimate of drug-likeness (QED) is 0.908. The fourth-order valence-corrected chi connectivity index (χ4v) is 2.50. The Morgan fingerprint density at radius 2 is 1.62 bits per heavy atom. The van der Waals surface area contributed by atoms with Gasteiger partial charge in [0.05, 0.1) is 0 Å². The van der Waals surface area contributed by atoms with Crippen molar-refractivity contribution in [2.75, 3.05) is 0 Å². The minimum atomic E-state index is -1.14. The lowest BCUT2D eigenvalue weighted by atomic mass is 9.84. The van der Waals surface area contributed by atoms with Gasteiger partial charge in [-0.05, 0) is 24.3 Å². The molecule has 0 radical (unpaired) electrons. The number of rotatable bonds is 3. The van der Waals surface area contributed by atoms with Crippen LogP contribution in [0.4, 0.5) is 0 Å². The maximum absolute atomic E-state index is 10.5. The highest BCUT2D eigenvalue weighted by Crippen LogP contribution is 2.39. The number of aromatic hydroxyl groups is 1. The third-order valence-corrected chi connectivity index (χ3v) is 3.54. The molecule has 2 aromatic carbocycles. The fraction of sp³-hybridized carbons (Fsp3) is 0.111. The summed E-state index contributed by atoms with van der Waals surface area (Å²) >= 11 is 0. The molecular weight excluding hydrogens is 264 g/mol. The van der Waals surface area contributed by atoms with E-state index in [0.29, 0.717) is 11.3 Å². The Balaban J connectivity index is 2.10. The molecule has 0 amide bonds. The molecule has 2 atom stereocenters. The summed E-state index contributed by atoms with van der Waals surface area (Å²) in [5.74, 6) is 0.715. The van der Waals surface area contributed by atoms with Gasteiger partial charge in [0.15, 0.2) is 5.60 Å². The molecule has 0 fully saturated rings. The summed E-state index contributed by atoms with van der Waals surface area (Å²) in [6, 6.07) is 16.2. The van der Waals surface area contributed by atoms with Gasteiger partial charge in [0, 0.05) is 5.56 Å². The van der Waals surface area contributed by atoms with Crippen molar-refractivity contribution >= 4 is 0 Å². The molecule has 3 nitrogen and oxygen atoms in total. The van der Waals surface area contributed by atoms with Gasteiger partial charge in [-0.15, -0.1) is 0 Å². The first-order valence-corrected chi connectivity index (χ1v) is 6.79. The Bertz CT molecular complexity index is 676. The van der Waals surface area contributed by atoms with Crippen LogP contribution in [0, 0.1) is 0 Å². The molecule has 1 aliphatic rings. The first kappa shape index (κ1) is 13.5. The predicted octanol–water partition coefficient (Wildman–Crippen LogP) is 3.15.